The Labute approximate surface area is 101 Å². The van der Waals surface area contributed by atoms with E-state index in [0.717, 1.165) is 5.56 Å². The number of carbonyl (C=O) groups excluding carboxylic acids is 1. The Morgan fingerprint density at radius 1 is 1.41 bits per heavy atom. The van der Waals surface area contributed by atoms with Gasteiger partial charge in [-0.2, -0.15) is 0 Å². The summed E-state index contributed by atoms with van der Waals surface area (Å²) in [5.74, 6) is -0.292. The van der Waals surface area contributed by atoms with Gasteiger partial charge in [-0.1, -0.05) is 6.07 Å². The summed E-state index contributed by atoms with van der Waals surface area (Å²) >= 11 is 0. The van der Waals surface area contributed by atoms with E-state index in [0.29, 0.717) is 12.0 Å². The topological polar surface area (TPSA) is 69.6 Å². The van der Waals surface area contributed by atoms with E-state index in [1.54, 1.807) is 13.0 Å². The first-order chi connectivity index (χ1) is 7.95. The molecule has 0 aliphatic heterocycles. The van der Waals surface area contributed by atoms with Crippen molar-refractivity contribution in [2.75, 3.05) is 6.61 Å². The number of hydrogen-bond donors (Lipinski definition) is 3. The van der Waals surface area contributed by atoms with E-state index in [9.17, 15) is 9.90 Å². The molecule has 1 aromatic rings. The lowest BCUT2D eigenvalue weighted by Gasteiger charge is -2.14. The van der Waals surface area contributed by atoms with E-state index in [1.165, 1.54) is 0 Å². The lowest BCUT2D eigenvalue weighted by Crippen LogP contribution is -2.33. The molecular formula is C13H19NO3. The van der Waals surface area contributed by atoms with Gasteiger partial charge in [0.2, 0.25) is 0 Å². The summed E-state index contributed by atoms with van der Waals surface area (Å²) in [4.78, 5) is 11.9. The summed E-state index contributed by atoms with van der Waals surface area (Å²) in [5.41, 5.74) is 1.90. The van der Waals surface area contributed by atoms with E-state index in [1.807, 2.05) is 19.9 Å². The van der Waals surface area contributed by atoms with Crippen LogP contribution in [0.15, 0.2) is 12.1 Å². The quantitative estimate of drug-likeness (QED) is 0.743. The minimum atomic E-state index is -0.310. The van der Waals surface area contributed by atoms with Gasteiger partial charge in [0.15, 0.2) is 0 Å². The van der Waals surface area contributed by atoms with Gasteiger partial charge in [0, 0.05) is 12.6 Å². The first kappa shape index (κ1) is 13.5. The van der Waals surface area contributed by atoms with E-state index in [4.69, 9.17) is 5.11 Å². The van der Waals surface area contributed by atoms with Gasteiger partial charge >= 0.3 is 0 Å². The van der Waals surface area contributed by atoms with Crippen LogP contribution in [0.2, 0.25) is 0 Å². The number of rotatable bonds is 4. The largest absolute Gasteiger partial charge is 0.507 e. The highest BCUT2D eigenvalue weighted by molar-refractivity contribution is 5.97. The number of aliphatic hydroxyl groups is 1. The van der Waals surface area contributed by atoms with Crippen molar-refractivity contribution in [3.8, 4) is 5.75 Å². The second-order valence-electron chi connectivity index (χ2n) is 4.36. The number of carbonyl (C=O) groups is 1. The molecule has 0 radical (unpaired) electrons. The lowest BCUT2D eigenvalue weighted by atomic mass is 10.0. The van der Waals surface area contributed by atoms with Gasteiger partial charge in [-0.05, 0) is 44.4 Å². The van der Waals surface area contributed by atoms with Crippen LogP contribution in [0.5, 0.6) is 5.75 Å². The van der Waals surface area contributed by atoms with Gasteiger partial charge in [-0.25, -0.2) is 0 Å². The van der Waals surface area contributed by atoms with Gasteiger partial charge in [-0.3, -0.25) is 4.79 Å². The Morgan fingerprint density at radius 2 is 2.06 bits per heavy atom. The zero-order valence-corrected chi connectivity index (χ0v) is 10.4. The number of aliphatic hydroxyl groups excluding tert-OH is 1. The molecule has 1 unspecified atom stereocenters. The standard InChI is InChI=1S/C13H19NO3/c1-8-6-9(2)12(16)11(7-8)13(17)14-10(3)4-5-15/h6-7,10,15-16H,4-5H2,1-3H3,(H,14,17). The maximum Gasteiger partial charge on any atom is 0.255 e. The van der Waals surface area contributed by atoms with E-state index in [-0.39, 0.29) is 29.9 Å². The molecule has 94 valence electrons. The summed E-state index contributed by atoms with van der Waals surface area (Å²) in [7, 11) is 0. The Bertz CT molecular complexity index is 415. The molecule has 4 heteroatoms. The number of hydrogen-bond acceptors (Lipinski definition) is 3. The van der Waals surface area contributed by atoms with Crippen LogP contribution in [0.4, 0.5) is 0 Å². The number of aryl methyl sites for hydroxylation is 2. The van der Waals surface area contributed by atoms with Crippen LogP contribution in [0.1, 0.15) is 34.8 Å². The van der Waals surface area contributed by atoms with Gasteiger partial charge < -0.3 is 15.5 Å². The van der Waals surface area contributed by atoms with Crippen LogP contribution in [0, 0.1) is 13.8 Å². The van der Waals surface area contributed by atoms with Crippen molar-refractivity contribution in [2.45, 2.75) is 33.2 Å². The Balaban J connectivity index is 2.89. The molecule has 1 aromatic carbocycles. The SMILES string of the molecule is Cc1cc(C)c(O)c(C(=O)NC(C)CCO)c1. The maximum absolute atomic E-state index is 11.9. The number of aromatic hydroxyl groups is 1. The van der Waals surface area contributed by atoms with Crippen LogP contribution in [0.25, 0.3) is 0 Å². The number of phenols is 1. The molecular weight excluding hydrogens is 218 g/mol. The molecule has 4 nitrogen and oxygen atoms in total. The smallest absolute Gasteiger partial charge is 0.255 e. The van der Waals surface area contributed by atoms with Crippen LogP contribution in [-0.4, -0.2) is 28.8 Å². The molecule has 0 bridgehead atoms. The van der Waals surface area contributed by atoms with Crippen LogP contribution < -0.4 is 5.32 Å². The fourth-order valence-corrected chi connectivity index (χ4v) is 1.70. The van der Waals surface area contributed by atoms with Crippen LogP contribution >= 0.6 is 0 Å². The molecule has 0 saturated heterocycles. The van der Waals surface area contributed by atoms with Crippen molar-refractivity contribution in [2.24, 2.45) is 0 Å². The van der Waals surface area contributed by atoms with Gasteiger partial charge in [0.05, 0.1) is 5.56 Å². The molecule has 1 amide bonds. The zero-order valence-electron chi connectivity index (χ0n) is 10.4. The fraction of sp³-hybridized carbons (Fsp3) is 0.462. The monoisotopic (exact) mass is 237 g/mol. The van der Waals surface area contributed by atoms with E-state index >= 15 is 0 Å². The minimum absolute atomic E-state index is 0.0179. The van der Waals surface area contributed by atoms with E-state index in [2.05, 4.69) is 5.32 Å². The Hall–Kier alpha value is -1.55. The average Bonchev–Trinajstić information content (AvgIpc) is 2.23. The molecule has 3 N–H and O–H groups in total. The zero-order chi connectivity index (χ0) is 13.0. The normalized spacial score (nSPS) is 12.2. The van der Waals surface area contributed by atoms with Gasteiger partial charge in [-0.15, -0.1) is 0 Å². The predicted octanol–water partition coefficient (Wildman–Crippen LogP) is 1.51. The highest BCUT2D eigenvalue weighted by Gasteiger charge is 2.15. The Morgan fingerprint density at radius 3 is 2.65 bits per heavy atom. The van der Waals surface area contributed by atoms with Crippen molar-refractivity contribution in [1.82, 2.24) is 5.32 Å². The summed E-state index contributed by atoms with van der Waals surface area (Å²) < 4.78 is 0. The molecule has 0 aliphatic carbocycles. The third kappa shape index (κ3) is 3.46. The molecule has 0 fully saturated rings. The molecule has 0 heterocycles. The summed E-state index contributed by atoms with van der Waals surface area (Å²) in [6, 6.07) is 3.36. The summed E-state index contributed by atoms with van der Waals surface area (Å²) in [6.45, 7) is 5.48. The maximum atomic E-state index is 11.9. The molecule has 0 saturated carbocycles. The molecule has 0 aliphatic rings. The predicted molar refractivity (Wildman–Crippen MR) is 66.2 cm³/mol. The highest BCUT2D eigenvalue weighted by Crippen LogP contribution is 2.23. The third-order valence-electron chi connectivity index (χ3n) is 2.63. The first-order valence-electron chi connectivity index (χ1n) is 5.67. The summed E-state index contributed by atoms with van der Waals surface area (Å²) in [6.07, 6.45) is 0.497. The third-order valence-corrected chi connectivity index (χ3v) is 2.63. The second kappa shape index (κ2) is 5.68. The molecule has 1 atom stereocenters. The number of amides is 1. The highest BCUT2D eigenvalue weighted by atomic mass is 16.3. The summed E-state index contributed by atoms with van der Waals surface area (Å²) in [5, 5.41) is 21.3. The molecule has 0 spiro atoms. The first-order valence-corrected chi connectivity index (χ1v) is 5.67. The van der Waals surface area contributed by atoms with Crippen LogP contribution in [-0.2, 0) is 0 Å². The van der Waals surface area contributed by atoms with Crippen molar-refractivity contribution >= 4 is 5.91 Å². The Kier molecular flexibility index (Phi) is 4.52. The minimum Gasteiger partial charge on any atom is -0.507 e. The molecule has 17 heavy (non-hydrogen) atoms. The van der Waals surface area contributed by atoms with Gasteiger partial charge in [0.1, 0.15) is 5.75 Å². The van der Waals surface area contributed by atoms with Crippen LogP contribution in [0.3, 0.4) is 0 Å². The van der Waals surface area contributed by atoms with Gasteiger partial charge in [0.25, 0.3) is 5.91 Å². The van der Waals surface area contributed by atoms with Crippen molar-refractivity contribution in [1.29, 1.82) is 0 Å². The molecule has 1 rings (SSSR count). The van der Waals surface area contributed by atoms with E-state index < -0.39 is 0 Å². The fourth-order valence-electron chi connectivity index (χ4n) is 1.70. The van der Waals surface area contributed by atoms with Crippen molar-refractivity contribution < 1.29 is 15.0 Å². The van der Waals surface area contributed by atoms with Crippen molar-refractivity contribution in [3.63, 3.8) is 0 Å². The number of benzene rings is 1. The lowest BCUT2D eigenvalue weighted by molar-refractivity contribution is 0.0931. The average molecular weight is 237 g/mol. The second-order valence-corrected chi connectivity index (χ2v) is 4.36. The number of phenolic OH excluding ortho intramolecular Hbond substituents is 1. The van der Waals surface area contributed by atoms with Crippen molar-refractivity contribution in [3.05, 3.63) is 28.8 Å². The number of nitrogens with one attached hydrogen (secondary N) is 1. The molecule has 0 aromatic heterocycles.